The van der Waals surface area contributed by atoms with Crippen LogP contribution in [-0.2, 0) is 11.8 Å². The topological polar surface area (TPSA) is 37.3 Å². The summed E-state index contributed by atoms with van der Waals surface area (Å²) in [6.45, 7) is 6.03. The number of aromatic carboxylic acids is 1. The molecule has 0 unspecified atom stereocenters. The molecule has 0 aromatic heterocycles. The zero-order valence-electron chi connectivity index (χ0n) is 16.1. The van der Waals surface area contributed by atoms with Crippen LogP contribution in [0.25, 0.3) is 0 Å². The van der Waals surface area contributed by atoms with Gasteiger partial charge in [0.05, 0.1) is 5.56 Å². The Morgan fingerprint density at radius 2 is 1.46 bits per heavy atom. The van der Waals surface area contributed by atoms with Gasteiger partial charge < -0.3 is 5.11 Å². The van der Waals surface area contributed by atoms with E-state index in [1.54, 1.807) is 6.07 Å². The molecule has 0 bridgehead atoms. The predicted octanol–water partition coefficient (Wildman–Crippen LogP) is 6.91. The minimum atomic E-state index is -4.03. The fourth-order valence-electron chi connectivity index (χ4n) is 3.09. The van der Waals surface area contributed by atoms with Gasteiger partial charge in [0.1, 0.15) is 0 Å². The van der Waals surface area contributed by atoms with Crippen LogP contribution in [0.1, 0.15) is 93.6 Å². The predicted molar refractivity (Wildman–Crippen MR) is 98.8 cm³/mol. The molecule has 1 rings (SSSR count). The number of alkyl halides is 3. The molecule has 0 spiro atoms. The second kappa shape index (κ2) is 9.98. The number of aryl methyl sites for hydroxylation is 1. The van der Waals surface area contributed by atoms with Crippen LogP contribution in [0.5, 0.6) is 0 Å². The number of carboxylic acid groups (broad SMARTS) is 1. The van der Waals surface area contributed by atoms with E-state index in [-0.39, 0.29) is 11.8 Å². The van der Waals surface area contributed by atoms with Crippen LogP contribution in [0, 0.1) is 0 Å². The van der Waals surface area contributed by atoms with Crippen molar-refractivity contribution in [3.63, 3.8) is 0 Å². The highest BCUT2D eigenvalue weighted by molar-refractivity contribution is 5.90. The fraction of sp³-hybridized carbons (Fsp3) is 0.667. The molecule has 1 aromatic rings. The minimum absolute atomic E-state index is 0.222. The summed E-state index contributed by atoms with van der Waals surface area (Å²) in [6, 6.07) is 5.58. The molecule has 0 saturated carbocycles. The SMILES string of the molecule is CC(C)(C)c1cc(CCCCCCCCCC(F)(F)F)ccc1C(=O)O. The minimum Gasteiger partial charge on any atom is -0.478 e. The second-order valence-corrected chi connectivity index (χ2v) is 8.03. The van der Waals surface area contributed by atoms with Gasteiger partial charge in [0.25, 0.3) is 0 Å². The lowest BCUT2D eigenvalue weighted by Gasteiger charge is -2.22. The van der Waals surface area contributed by atoms with E-state index < -0.39 is 18.6 Å². The van der Waals surface area contributed by atoms with E-state index in [9.17, 15) is 23.1 Å². The first-order chi connectivity index (χ1) is 12.0. The lowest BCUT2D eigenvalue weighted by molar-refractivity contribution is -0.135. The maximum Gasteiger partial charge on any atom is 0.389 e. The molecular weight excluding hydrogens is 341 g/mol. The number of hydrogen-bond donors (Lipinski definition) is 1. The van der Waals surface area contributed by atoms with Crippen LogP contribution < -0.4 is 0 Å². The van der Waals surface area contributed by atoms with Crippen LogP contribution in [0.2, 0.25) is 0 Å². The Kier molecular flexibility index (Phi) is 8.65. The van der Waals surface area contributed by atoms with Crippen molar-refractivity contribution in [3.8, 4) is 0 Å². The van der Waals surface area contributed by atoms with Crippen LogP contribution in [0.15, 0.2) is 18.2 Å². The molecule has 0 aliphatic rings. The van der Waals surface area contributed by atoms with Crippen LogP contribution >= 0.6 is 0 Å². The third-order valence-electron chi connectivity index (χ3n) is 4.55. The lowest BCUT2D eigenvalue weighted by Crippen LogP contribution is -2.17. The lowest BCUT2D eigenvalue weighted by atomic mass is 9.82. The van der Waals surface area contributed by atoms with Crippen molar-refractivity contribution < 1.29 is 23.1 Å². The summed E-state index contributed by atoms with van der Waals surface area (Å²) in [4.78, 5) is 11.4. The van der Waals surface area contributed by atoms with Gasteiger partial charge in [0.2, 0.25) is 0 Å². The van der Waals surface area contributed by atoms with Gasteiger partial charge in [-0.15, -0.1) is 0 Å². The Bertz CT molecular complexity index is 572. The van der Waals surface area contributed by atoms with Gasteiger partial charge in [-0.2, -0.15) is 13.2 Å². The largest absolute Gasteiger partial charge is 0.478 e. The third kappa shape index (κ3) is 8.72. The highest BCUT2D eigenvalue weighted by atomic mass is 19.4. The molecule has 2 nitrogen and oxygen atoms in total. The molecule has 0 saturated heterocycles. The van der Waals surface area contributed by atoms with Crippen molar-refractivity contribution in [1.82, 2.24) is 0 Å². The van der Waals surface area contributed by atoms with E-state index in [0.29, 0.717) is 12.0 Å². The van der Waals surface area contributed by atoms with Crippen molar-refractivity contribution in [3.05, 3.63) is 34.9 Å². The Labute approximate surface area is 154 Å². The third-order valence-corrected chi connectivity index (χ3v) is 4.55. The molecule has 26 heavy (non-hydrogen) atoms. The highest BCUT2D eigenvalue weighted by Gasteiger charge is 2.25. The summed E-state index contributed by atoms with van der Waals surface area (Å²) in [5.74, 6) is -0.896. The summed E-state index contributed by atoms with van der Waals surface area (Å²) >= 11 is 0. The van der Waals surface area contributed by atoms with E-state index in [1.165, 1.54) is 0 Å². The first kappa shape index (κ1) is 22.5. The Morgan fingerprint density at radius 1 is 0.923 bits per heavy atom. The van der Waals surface area contributed by atoms with Gasteiger partial charge in [-0.05, 0) is 41.9 Å². The zero-order chi connectivity index (χ0) is 19.8. The molecule has 0 radical (unpaired) electrons. The van der Waals surface area contributed by atoms with Gasteiger partial charge in [0, 0.05) is 6.42 Å². The molecular formula is C21H31F3O2. The number of rotatable bonds is 10. The van der Waals surface area contributed by atoms with Crippen molar-refractivity contribution in [2.45, 2.75) is 90.1 Å². The maximum atomic E-state index is 12.0. The average Bonchev–Trinajstić information content (AvgIpc) is 2.51. The standard InChI is InChI=1S/C21H31F3O2/c1-20(2,3)18-15-16(12-13-17(18)19(25)26)11-9-7-5-4-6-8-10-14-21(22,23)24/h12-13,15H,4-11,14H2,1-3H3,(H,25,26). The number of hydrogen-bond acceptors (Lipinski definition) is 1. The van der Waals surface area contributed by atoms with Gasteiger partial charge >= 0.3 is 12.1 Å². The van der Waals surface area contributed by atoms with E-state index in [1.807, 2.05) is 32.9 Å². The van der Waals surface area contributed by atoms with E-state index in [0.717, 1.165) is 49.7 Å². The summed E-state index contributed by atoms with van der Waals surface area (Å²) in [7, 11) is 0. The number of carboxylic acids is 1. The van der Waals surface area contributed by atoms with E-state index >= 15 is 0 Å². The maximum absolute atomic E-state index is 12.0. The Morgan fingerprint density at radius 3 is 1.96 bits per heavy atom. The average molecular weight is 372 g/mol. The molecule has 0 fully saturated rings. The summed E-state index contributed by atoms with van der Waals surface area (Å²) in [6.07, 6.45) is 2.00. The number of carbonyl (C=O) groups is 1. The van der Waals surface area contributed by atoms with Crippen molar-refractivity contribution in [2.75, 3.05) is 0 Å². The smallest absolute Gasteiger partial charge is 0.389 e. The molecule has 0 aliphatic carbocycles. The Balaban J connectivity index is 2.32. The summed E-state index contributed by atoms with van der Waals surface area (Å²) in [5, 5.41) is 9.34. The van der Waals surface area contributed by atoms with E-state index in [4.69, 9.17) is 0 Å². The summed E-state index contributed by atoms with van der Waals surface area (Å²) in [5.41, 5.74) is 2.14. The molecule has 0 heterocycles. The Hall–Kier alpha value is -1.52. The van der Waals surface area contributed by atoms with Gasteiger partial charge in [-0.1, -0.05) is 65.0 Å². The number of unbranched alkanes of at least 4 members (excludes halogenated alkanes) is 6. The van der Waals surface area contributed by atoms with Crippen LogP contribution in [0.3, 0.4) is 0 Å². The molecule has 1 N–H and O–H groups in total. The monoisotopic (exact) mass is 372 g/mol. The van der Waals surface area contributed by atoms with E-state index in [2.05, 4.69) is 0 Å². The number of benzene rings is 1. The van der Waals surface area contributed by atoms with Crippen molar-refractivity contribution in [2.24, 2.45) is 0 Å². The summed E-state index contributed by atoms with van der Waals surface area (Å²) < 4.78 is 36.1. The molecule has 0 aliphatic heterocycles. The van der Waals surface area contributed by atoms with Crippen molar-refractivity contribution >= 4 is 5.97 Å². The second-order valence-electron chi connectivity index (χ2n) is 8.03. The molecule has 148 valence electrons. The van der Waals surface area contributed by atoms with Crippen LogP contribution in [0.4, 0.5) is 13.2 Å². The van der Waals surface area contributed by atoms with Gasteiger partial charge in [-0.25, -0.2) is 4.79 Å². The molecule has 0 atom stereocenters. The molecule has 0 amide bonds. The van der Waals surface area contributed by atoms with Crippen LogP contribution in [-0.4, -0.2) is 17.3 Å². The zero-order valence-corrected chi connectivity index (χ0v) is 16.1. The van der Waals surface area contributed by atoms with Gasteiger partial charge in [0.15, 0.2) is 0 Å². The first-order valence-corrected chi connectivity index (χ1v) is 9.44. The normalized spacial score (nSPS) is 12.4. The molecule has 5 heteroatoms. The quantitative estimate of drug-likeness (QED) is 0.453. The number of halogens is 3. The fourth-order valence-corrected chi connectivity index (χ4v) is 3.09. The molecule has 1 aromatic carbocycles. The van der Waals surface area contributed by atoms with Gasteiger partial charge in [-0.3, -0.25) is 0 Å². The first-order valence-electron chi connectivity index (χ1n) is 9.44. The van der Waals surface area contributed by atoms with Crippen molar-refractivity contribution in [1.29, 1.82) is 0 Å². The highest BCUT2D eigenvalue weighted by Crippen LogP contribution is 2.28.